The average molecular weight is 383 g/mol. The molecule has 0 aromatic heterocycles. The Morgan fingerprint density at radius 1 is 1.16 bits per heavy atom. The molecule has 2 rings (SSSR count). The van der Waals surface area contributed by atoms with E-state index < -0.39 is 5.54 Å². The fourth-order valence-electron chi connectivity index (χ4n) is 2.20. The maximum Gasteiger partial charge on any atom is 0.224 e. The first-order valence-electron chi connectivity index (χ1n) is 7.85. The zero-order valence-electron chi connectivity index (χ0n) is 14.4. The Morgan fingerprint density at radius 2 is 1.84 bits per heavy atom. The summed E-state index contributed by atoms with van der Waals surface area (Å²) in [5, 5.41) is 3.60. The van der Waals surface area contributed by atoms with Crippen LogP contribution in [0.25, 0.3) is 0 Å². The summed E-state index contributed by atoms with van der Waals surface area (Å²) in [6, 6.07) is 15.1. The molecule has 0 heterocycles. The van der Waals surface area contributed by atoms with Gasteiger partial charge < -0.3 is 15.8 Å². The molecule has 0 aliphatic rings. The number of halogens is 2. The highest BCUT2D eigenvalue weighted by Crippen LogP contribution is 2.17. The number of hydrogen-bond donors (Lipinski definition) is 2. The number of carbonyl (C=O) groups is 1. The molecule has 0 spiro atoms. The standard InChI is InChI=1S/C19H23ClN2O2.ClH/c1-19(2,13-21)22-18(23)11-14-5-4-8-17(10-14)24-12-15-6-3-7-16(20)9-15;/h3-10H,11-13,21H2,1-2H3,(H,22,23);1H. The molecule has 3 N–H and O–H groups in total. The van der Waals surface area contributed by atoms with Crippen molar-refractivity contribution < 1.29 is 9.53 Å². The highest BCUT2D eigenvalue weighted by atomic mass is 35.5. The largest absolute Gasteiger partial charge is 0.489 e. The van der Waals surface area contributed by atoms with Gasteiger partial charge in [0.15, 0.2) is 0 Å². The number of amides is 1. The Bertz CT molecular complexity index is 705. The molecule has 6 heteroatoms. The van der Waals surface area contributed by atoms with Crippen LogP contribution in [0.1, 0.15) is 25.0 Å². The second kappa shape index (κ2) is 9.66. The van der Waals surface area contributed by atoms with Gasteiger partial charge in [0, 0.05) is 17.1 Å². The van der Waals surface area contributed by atoms with E-state index in [-0.39, 0.29) is 24.7 Å². The summed E-state index contributed by atoms with van der Waals surface area (Å²) >= 11 is 5.96. The average Bonchev–Trinajstić information content (AvgIpc) is 2.53. The number of nitrogens with two attached hydrogens (primary N) is 1. The molecular weight excluding hydrogens is 359 g/mol. The molecule has 0 bridgehead atoms. The third-order valence-electron chi connectivity index (χ3n) is 3.55. The van der Waals surface area contributed by atoms with Crippen LogP contribution in [0.5, 0.6) is 5.75 Å². The Morgan fingerprint density at radius 3 is 2.52 bits per heavy atom. The highest BCUT2D eigenvalue weighted by molar-refractivity contribution is 6.30. The van der Waals surface area contributed by atoms with E-state index in [1.165, 1.54) is 0 Å². The molecule has 4 nitrogen and oxygen atoms in total. The van der Waals surface area contributed by atoms with Crippen molar-refractivity contribution in [3.8, 4) is 5.75 Å². The van der Waals surface area contributed by atoms with Crippen molar-refractivity contribution in [3.05, 3.63) is 64.7 Å². The smallest absolute Gasteiger partial charge is 0.224 e. The topological polar surface area (TPSA) is 64.3 Å². The van der Waals surface area contributed by atoms with Gasteiger partial charge in [-0.2, -0.15) is 0 Å². The van der Waals surface area contributed by atoms with Gasteiger partial charge in [0.25, 0.3) is 0 Å². The maximum atomic E-state index is 12.1. The van der Waals surface area contributed by atoms with Crippen molar-refractivity contribution in [3.63, 3.8) is 0 Å². The van der Waals surface area contributed by atoms with Gasteiger partial charge in [-0.05, 0) is 49.2 Å². The molecule has 0 unspecified atom stereocenters. The predicted molar refractivity (Wildman–Crippen MR) is 104 cm³/mol. The normalized spacial score (nSPS) is 10.7. The molecule has 0 aliphatic heterocycles. The fraction of sp³-hybridized carbons (Fsp3) is 0.316. The van der Waals surface area contributed by atoms with Crippen molar-refractivity contribution in [2.75, 3.05) is 6.54 Å². The van der Waals surface area contributed by atoms with Gasteiger partial charge in [-0.15, -0.1) is 12.4 Å². The molecule has 1 amide bonds. The van der Waals surface area contributed by atoms with Crippen molar-refractivity contribution in [1.29, 1.82) is 0 Å². The Kier molecular flexibility index (Phi) is 8.23. The van der Waals surface area contributed by atoms with Gasteiger partial charge in [-0.1, -0.05) is 35.9 Å². The summed E-state index contributed by atoms with van der Waals surface area (Å²) in [7, 11) is 0. The van der Waals surface area contributed by atoms with Crippen molar-refractivity contribution >= 4 is 29.9 Å². The molecule has 136 valence electrons. The fourth-order valence-corrected chi connectivity index (χ4v) is 2.41. The molecule has 0 atom stereocenters. The minimum Gasteiger partial charge on any atom is -0.489 e. The lowest BCUT2D eigenvalue weighted by Crippen LogP contribution is -2.49. The second-order valence-electron chi connectivity index (χ2n) is 6.38. The van der Waals surface area contributed by atoms with E-state index in [9.17, 15) is 4.79 Å². The summed E-state index contributed by atoms with van der Waals surface area (Å²) < 4.78 is 5.78. The van der Waals surface area contributed by atoms with Crippen LogP contribution in [0.15, 0.2) is 48.5 Å². The van der Waals surface area contributed by atoms with Crippen LogP contribution in [-0.2, 0) is 17.8 Å². The Balaban J connectivity index is 0.00000312. The zero-order valence-corrected chi connectivity index (χ0v) is 16.0. The molecule has 25 heavy (non-hydrogen) atoms. The van der Waals surface area contributed by atoms with E-state index >= 15 is 0 Å². The van der Waals surface area contributed by atoms with E-state index in [0.29, 0.717) is 18.2 Å². The zero-order chi connectivity index (χ0) is 17.6. The molecule has 0 saturated carbocycles. The van der Waals surface area contributed by atoms with Gasteiger partial charge in [-0.25, -0.2) is 0 Å². The first-order chi connectivity index (χ1) is 11.4. The molecule has 2 aromatic carbocycles. The van der Waals surface area contributed by atoms with Crippen LogP contribution < -0.4 is 15.8 Å². The van der Waals surface area contributed by atoms with Crippen LogP contribution >= 0.6 is 24.0 Å². The summed E-state index contributed by atoms with van der Waals surface area (Å²) in [6.45, 7) is 4.61. The van der Waals surface area contributed by atoms with E-state index in [0.717, 1.165) is 16.9 Å². The lowest BCUT2D eigenvalue weighted by molar-refractivity contribution is -0.121. The third kappa shape index (κ3) is 7.34. The van der Waals surface area contributed by atoms with Gasteiger partial charge in [0.05, 0.1) is 6.42 Å². The van der Waals surface area contributed by atoms with Crippen LogP contribution in [0.4, 0.5) is 0 Å². The van der Waals surface area contributed by atoms with Gasteiger partial charge in [0.2, 0.25) is 5.91 Å². The van der Waals surface area contributed by atoms with Gasteiger partial charge >= 0.3 is 0 Å². The minimum absolute atomic E-state index is 0. The highest BCUT2D eigenvalue weighted by Gasteiger charge is 2.18. The Hall–Kier alpha value is -1.75. The first-order valence-corrected chi connectivity index (χ1v) is 8.23. The van der Waals surface area contributed by atoms with Crippen LogP contribution in [0.2, 0.25) is 5.02 Å². The van der Waals surface area contributed by atoms with Crippen molar-refractivity contribution in [2.24, 2.45) is 5.73 Å². The van der Waals surface area contributed by atoms with E-state index in [1.54, 1.807) is 0 Å². The van der Waals surface area contributed by atoms with E-state index in [1.807, 2.05) is 62.4 Å². The molecule has 0 radical (unpaired) electrons. The predicted octanol–water partition coefficient (Wildman–Crippen LogP) is 3.74. The number of ether oxygens (including phenoxy) is 1. The maximum absolute atomic E-state index is 12.1. The van der Waals surface area contributed by atoms with Crippen LogP contribution in [-0.4, -0.2) is 18.0 Å². The van der Waals surface area contributed by atoms with Crippen LogP contribution in [0.3, 0.4) is 0 Å². The number of carbonyl (C=O) groups excluding carboxylic acids is 1. The lowest BCUT2D eigenvalue weighted by atomic mass is 10.0. The quantitative estimate of drug-likeness (QED) is 0.766. The molecule has 2 aromatic rings. The molecular formula is C19H24Cl2N2O2. The number of nitrogens with one attached hydrogen (secondary N) is 1. The molecule has 0 aliphatic carbocycles. The first kappa shape index (κ1) is 21.3. The minimum atomic E-state index is -0.405. The number of benzene rings is 2. The monoisotopic (exact) mass is 382 g/mol. The Labute approximate surface area is 160 Å². The van der Waals surface area contributed by atoms with Crippen molar-refractivity contribution in [2.45, 2.75) is 32.4 Å². The van der Waals surface area contributed by atoms with Gasteiger partial charge in [-0.3, -0.25) is 4.79 Å². The SMILES string of the molecule is CC(C)(CN)NC(=O)Cc1cccc(OCc2cccc(Cl)c2)c1.Cl. The van der Waals surface area contributed by atoms with E-state index in [4.69, 9.17) is 22.1 Å². The van der Waals surface area contributed by atoms with Crippen LogP contribution in [0, 0.1) is 0 Å². The van der Waals surface area contributed by atoms with Gasteiger partial charge in [0.1, 0.15) is 12.4 Å². The molecule has 0 saturated heterocycles. The van der Waals surface area contributed by atoms with Crippen molar-refractivity contribution in [1.82, 2.24) is 5.32 Å². The third-order valence-corrected chi connectivity index (χ3v) is 3.78. The number of hydrogen-bond acceptors (Lipinski definition) is 3. The second-order valence-corrected chi connectivity index (χ2v) is 6.82. The summed E-state index contributed by atoms with van der Waals surface area (Å²) in [4.78, 5) is 12.1. The van der Waals surface area contributed by atoms with E-state index in [2.05, 4.69) is 5.32 Å². The summed E-state index contributed by atoms with van der Waals surface area (Å²) in [5.74, 6) is 0.663. The number of rotatable bonds is 7. The molecule has 0 fully saturated rings. The summed E-state index contributed by atoms with van der Waals surface area (Å²) in [5.41, 5.74) is 7.12. The summed E-state index contributed by atoms with van der Waals surface area (Å²) in [6.07, 6.45) is 0.289. The lowest BCUT2D eigenvalue weighted by Gasteiger charge is -2.24.